The van der Waals surface area contributed by atoms with Crippen molar-refractivity contribution in [3.8, 4) is 0 Å². The Kier molecular flexibility index (Phi) is 4.48. The zero-order chi connectivity index (χ0) is 14.9. The lowest BCUT2D eigenvalue weighted by Crippen LogP contribution is -2.47. The third kappa shape index (κ3) is 3.03. The van der Waals surface area contributed by atoms with Crippen LogP contribution in [0.3, 0.4) is 0 Å². The first-order valence-corrected chi connectivity index (χ1v) is 7.49. The molecule has 1 aromatic carbocycles. The van der Waals surface area contributed by atoms with Crippen molar-refractivity contribution in [2.75, 3.05) is 0 Å². The van der Waals surface area contributed by atoms with Crippen molar-refractivity contribution in [3.05, 3.63) is 35.4 Å². The van der Waals surface area contributed by atoms with E-state index in [-0.39, 0.29) is 17.9 Å². The van der Waals surface area contributed by atoms with E-state index in [2.05, 4.69) is 20.8 Å². The van der Waals surface area contributed by atoms with Gasteiger partial charge in [-0.2, -0.15) is 0 Å². The lowest BCUT2D eigenvalue weighted by Gasteiger charge is -2.45. The van der Waals surface area contributed by atoms with Crippen molar-refractivity contribution in [2.45, 2.75) is 52.1 Å². The largest absolute Gasteiger partial charge is 0.389 e. The topological polar surface area (TPSA) is 20.2 Å². The third-order valence-corrected chi connectivity index (χ3v) is 4.70. The number of benzene rings is 1. The summed E-state index contributed by atoms with van der Waals surface area (Å²) >= 11 is 0. The Balaban J connectivity index is 2.29. The second-order valence-corrected chi connectivity index (χ2v) is 6.73. The monoisotopic (exact) mass is 282 g/mol. The number of rotatable bonds is 3. The van der Waals surface area contributed by atoms with E-state index in [0.29, 0.717) is 18.3 Å². The van der Waals surface area contributed by atoms with Crippen LogP contribution in [0.4, 0.5) is 8.78 Å². The van der Waals surface area contributed by atoms with Gasteiger partial charge in [0, 0.05) is 6.42 Å². The van der Waals surface area contributed by atoms with Gasteiger partial charge in [-0.25, -0.2) is 8.78 Å². The van der Waals surface area contributed by atoms with E-state index in [1.165, 1.54) is 6.07 Å². The molecule has 0 bridgehead atoms. The molecule has 1 fully saturated rings. The lowest BCUT2D eigenvalue weighted by molar-refractivity contribution is -0.0800. The molecule has 1 saturated carbocycles. The van der Waals surface area contributed by atoms with E-state index in [1.54, 1.807) is 6.07 Å². The van der Waals surface area contributed by atoms with Gasteiger partial charge in [0.25, 0.3) is 0 Å². The predicted molar refractivity (Wildman–Crippen MR) is 76.4 cm³/mol. The van der Waals surface area contributed by atoms with Gasteiger partial charge in [-0.05, 0) is 42.2 Å². The van der Waals surface area contributed by atoms with Crippen LogP contribution in [-0.2, 0) is 6.42 Å². The van der Waals surface area contributed by atoms with Gasteiger partial charge in [0.1, 0.15) is 0 Å². The first kappa shape index (κ1) is 15.4. The van der Waals surface area contributed by atoms with Crippen LogP contribution in [0.5, 0.6) is 0 Å². The molecule has 0 amide bonds. The summed E-state index contributed by atoms with van der Waals surface area (Å²) in [7, 11) is 0. The van der Waals surface area contributed by atoms with Crippen molar-refractivity contribution in [1.82, 2.24) is 0 Å². The average molecular weight is 282 g/mol. The maximum absolute atomic E-state index is 13.9. The van der Waals surface area contributed by atoms with Crippen molar-refractivity contribution < 1.29 is 13.9 Å². The molecule has 3 unspecified atom stereocenters. The first-order valence-electron chi connectivity index (χ1n) is 7.49. The van der Waals surface area contributed by atoms with E-state index in [9.17, 15) is 13.9 Å². The molecule has 112 valence electrons. The average Bonchev–Trinajstić information content (AvgIpc) is 2.34. The first-order chi connectivity index (χ1) is 9.33. The van der Waals surface area contributed by atoms with Crippen LogP contribution in [0, 0.1) is 29.4 Å². The maximum Gasteiger partial charge on any atom is 0.162 e. The Labute approximate surface area is 120 Å². The highest BCUT2D eigenvalue weighted by Crippen LogP contribution is 2.43. The molecule has 1 N–H and O–H groups in total. The van der Waals surface area contributed by atoms with Crippen LogP contribution >= 0.6 is 0 Å². The van der Waals surface area contributed by atoms with Crippen LogP contribution in [-0.4, -0.2) is 10.7 Å². The number of hydrogen-bond donors (Lipinski definition) is 1. The summed E-state index contributed by atoms with van der Waals surface area (Å²) in [6.45, 7) is 6.30. The molecule has 1 aliphatic carbocycles. The minimum atomic E-state index is -0.930. The third-order valence-electron chi connectivity index (χ3n) is 4.70. The molecule has 1 nitrogen and oxygen atoms in total. The molecule has 0 radical (unpaired) electrons. The molecule has 1 aliphatic rings. The Morgan fingerprint density at radius 2 is 2.00 bits per heavy atom. The molecule has 0 heterocycles. The van der Waals surface area contributed by atoms with Crippen LogP contribution in [0.25, 0.3) is 0 Å². The van der Waals surface area contributed by atoms with Gasteiger partial charge >= 0.3 is 0 Å². The Bertz CT molecular complexity index is 472. The molecule has 3 atom stereocenters. The van der Waals surface area contributed by atoms with Crippen molar-refractivity contribution in [1.29, 1.82) is 0 Å². The predicted octanol–water partition coefficient (Wildman–Crippen LogP) is 4.33. The molecular formula is C17H24F2O. The van der Waals surface area contributed by atoms with Gasteiger partial charge < -0.3 is 5.11 Å². The highest BCUT2D eigenvalue weighted by molar-refractivity contribution is 5.21. The Morgan fingerprint density at radius 3 is 2.65 bits per heavy atom. The minimum absolute atomic E-state index is 0.140. The van der Waals surface area contributed by atoms with Gasteiger partial charge in [-0.3, -0.25) is 0 Å². The SMILES string of the molecule is CC1CCC(C(C)C)C(O)(Cc2cccc(F)c2F)C1. The maximum atomic E-state index is 13.9. The number of hydrogen-bond acceptors (Lipinski definition) is 1. The molecule has 0 aromatic heterocycles. The fourth-order valence-corrected chi connectivity index (χ4v) is 3.76. The minimum Gasteiger partial charge on any atom is -0.389 e. The summed E-state index contributed by atoms with van der Waals surface area (Å²) in [6.07, 6.45) is 2.90. The van der Waals surface area contributed by atoms with Crippen molar-refractivity contribution in [2.24, 2.45) is 17.8 Å². The normalized spacial score (nSPS) is 30.8. The fraction of sp³-hybridized carbons (Fsp3) is 0.647. The molecule has 0 spiro atoms. The highest BCUT2D eigenvalue weighted by atomic mass is 19.2. The number of aliphatic hydroxyl groups is 1. The summed E-state index contributed by atoms with van der Waals surface area (Å²) in [4.78, 5) is 0. The molecular weight excluding hydrogens is 258 g/mol. The van der Waals surface area contributed by atoms with E-state index in [0.717, 1.165) is 18.9 Å². The molecule has 0 saturated heterocycles. The van der Waals surface area contributed by atoms with E-state index < -0.39 is 17.2 Å². The Hall–Kier alpha value is -0.960. The summed E-state index contributed by atoms with van der Waals surface area (Å²) in [5.41, 5.74) is -0.646. The smallest absolute Gasteiger partial charge is 0.162 e. The molecule has 20 heavy (non-hydrogen) atoms. The highest BCUT2D eigenvalue weighted by Gasteiger charge is 2.43. The molecule has 1 aromatic rings. The zero-order valence-corrected chi connectivity index (χ0v) is 12.5. The molecule has 0 aliphatic heterocycles. The quantitative estimate of drug-likeness (QED) is 0.875. The van der Waals surface area contributed by atoms with Gasteiger partial charge in [0.05, 0.1) is 5.60 Å². The lowest BCUT2D eigenvalue weighted by atomic mass is 9.65. The summed E-state index contributed by atoms with van der Waals surface area (Å²) < 4.78 is 27.2. The van der Waals surface area contributed by atoms with E-state index in [1.807, 2.05) is 0 Å². The second kappa shape index (κ2) is 5.80. The standard InChI is InChI=1S/C17H24F2O/c1-11(2)14-8-7-12(3)9-17(14,20)10-13-5-4-6-15(18)16(13)19/h4-6,11-12,14,20H,7-10H2,1-3H3. The summed E-state index contributed by atoms with van der Waals surface area (Å²) in [5, 5.41) is 11.1. The second-order valence-electron chi connectivity index (χ2n) is 6.73. The molecule has 3 heteroatoms. The van der Waals surface area contributed by atoms with Gasteiger partial charge in [-0.15, -0.1) is 0 Å². The molecule has 2 rings (SSSR count). The zero-order valence-electron chi connectivity index (χ0n) is 12.5. The van der Waals surface area contributed by atoms with E-state index >= 15 is 0 Å². The van der Waals surface area contributed by atoms with Crippen LogP contribution < -0.4 is 0 Å². The van der Waals surface area contributed by atoms with Crippen molar-refractivity contribution in [3.63, 3.8) is 0 Å². The summed E-state index contributed by atoms with van der Waals surface area (Å²) in [5.74, 6) is -0.755. The fourth-order valence-electron chi connectivity index (χ4n) is 3.76. The van der Waals surface area contributed by atoms with Crippen LogP contribution in [0.15, 0.2) is 18.2 Å². The van der Waals surface area contributed by atoms with Crippen LogP contribution in [0.2, 0.25) is 0 Å². The van der Waals surface area contributed by atoms with Gasteiger partial charge in [0.15, 0.2) is 11.6 Å². The van der Waals surface area contributed by atoms with Gasteiger partial charge in [0.2, 0.25) is 0 Å². The van der Waals surface area contributed by atoms with E-state index in [4.69, 9.17) is 0 Å². The van der Waals surface area contributed by atoms with Crippen molar-refractivity contribution >= 4 is 0 Å². The Morgan fingerprint density at radius 1 is 1.30 bits per heavy atom. The van der Waals surface area contributed by atoms with Crippen LogP contribution in [0.1, 0.15) is 45.6 Å². The summed E-state index contributed by atoms with van der Waals surface area (Å²) in [6, 6.07) is 4.20. The van der Waals surface area contributed by atoms with Gasteiger partial charge in [-0.1, -0.05) is 39.3 Å². The number of halogens is 2.